The quantitative estimate of drug-likeness (QED) is 0.700. The average molecular weight is 388 g/mol. The number of hydrogen-bond donors (Lipinski definition) is 1. The fourth-order valence-electron chi connectivity index (χ4n) is 3.28. The van der Waals surface area contributed by atoms with Gasteiger partial charge in [0.1, 0.15) is 11.6 Å². The van der Waals surface area contributed by atoms with Gasteiger partial charge in [-0.1, -0.05) is 23.9 Å². The third-order valence-corrected chi connectivity index (χ3v) is 5.78. The molecular formula is C19H24N4O3S. The van der Waals surface area contributed by atoms with E-state index >= 15 is 0 Å². The molecule has 2 fully saturated rings. The smallest absolute Gasteiger partial charge is 0.234 e. The van der Waals surface area contributed by atoms with Crippen LogP contribution >= 0.6 is 11.8 Å². The zero-order valence-corrected chi connectivity index (χ0v) is 16.2. The predicted molar refractivity (Wildman–Crippen MR) is 103 cm³/mol. The molecule has 8 heteroatoms. The molecule has 144 valence electrons. The van der Waals surface area contributed by atoms with E-state index in [-0.39, 0.29) is 17.8 Å². The number of rotatable bonds is 8. The number of carbonyl (C=O) groups is 1. The number of anilines is 1. The van der Waals surface area contributed by atoms with Crippen molar-refractivity contribution in [2.45, 2.75) is 49.4 Å². The fraction of sp³-hybridized carbons (Fsp3) is 0.526. The maximum Gasteiger partial charge on any atom is 0.234 e. The molecule has 0 bridgehead atoms. The van der Waals surface area contributed by atoms with Gasteiger partial charge in [0.2, 0.25) is 5.91 Å². The Morgan fingerprint density at radius 2 is 2.19 bits per heavy atom. The summed E-state index contributed by atoms with van der Waals surface area (Å²) in [4.78, 5) is 12.4. The molecule has 1 amide bonds. The molecule has 1 aromatic carbocycles. The standard InChI is InChI=1S/C19H24N4O3S/c1-25-16-7-3-2-6-15(16)20-17(24)12-27-19-22-21-18(13-8-9-13)23(19)11-14-5-4-10-26-14/h2-3,6-7,13-14H,4-5,8-12H2,1H3,(H,20,24). The first kappa shape index (κ1) is 18.3. The van der Waals surface area contributed by atoms with Gasteiger partial charge in [-0.15, -0.1) is 10.2 Å². The van der Waals surface area contributed by atoms with Gasteiger partial charge in [-0.25, -0.2) is 0 Å². The summed E-state index contributed by atoms with van der Waals surface area (Å²) >= 11 is 1.42. The van der Waals surface area contributed by atoms with Gasteiger partial charge in [0.15, 0.2) is 5.16 Å². The number of ether oxygens (including phenoxy) is 2. The Kier molecular flexibility index (Phi) is 5.63. The van der Waals surface area contributed by atoms with Crippen molar-refractivity contribution in [3.8, 4) is 5.75 Å². The Bertz CT molecular complexity index is 800. The average Bonchev–Trinajstić information content (AvgIpc) is 3.24. The number of carbonyl (C=O) groups excluding carboxylic acids is 1. The Labute approximate surface area is 162 Å². The minimum Gasteiger partial charge on any atom is -0.495 e. The second-order valence-electron chi connectivity index (χ2n) is 6.90. The zero-order valence-electron chi connectivity index (χ0n) is 15.4. The summed E-state index contributed by atoms with van der Waals surface area (Å²) in [6.07, 6.45) is 4.74. The van der Waals surface area contributed by atoms with E-state index in [1.807, 2.05) is 24.3 Å². The summed E-state index contributed by atoms with van der Waals surface area (Å²) in [5, 5.41) is 12.4. The van der Waals surface area contributed by atoms with Crippen molar-refractivity contribution in [1.82, 2.24) is 14.8 Å². The molecule has 4 rings (SSSR count). The molecule has 1 saturated heterocycles. The van der Waals surface area contributed by atoms with Crippen LogP contribution in [0, 0.1) is 0 Å². The molecule has 1 aliphatic heterocycles. The first-order valence-corrected chi connectivity index (χ1v) is 10.3. The molecule has 2 aliphatic rings. The summed E-state index contributed by atoms with van der Waals surface area (Å²) in [6, 6.07) is 7.39. The van der Waals surface area contributed by atoms with Gasteiger partial charge >= 0.3 is 0 Å². The Morgan fingerprint density at radius 3 is 2.93 bits per heavy atom. The number of benzene rings is 1. The van der Waals surface area contributed by atoms with Gasteiger partial charge in [-0.2, -0.15) is 0 Å². The van der Waals surface area contributed by atoms with E-state index in [1.54, 1.807) is 7.11 Å². The van der Waals surface area contributed by atoms with E-state index < -0.39 is 0 Å². The molecule has 1 aromatic heterocycles. The van der Waals surface area contributed by atoms with Gasteiger partial charge < -0.3 is 19.4 Å². The summed E-state index contributed by atoms with van der Waals surface area (Å²) < 4.78 is 13.2. The topological polar surface area (TPSA) is 78.3 Å². The number of methoxy groups -OCH3 is 1. The predicted octanol–water partition coefficient (Wildman–Crippen LogP) is 3.07. The maximum absolute atomic E-state index is 12.4. The van der Waals surface area contributed by atoms with E-state index in [0.717, 1.165) is 37.0 Å². The van der Waals surface area contributed by atoms with Crippen molar-refractivity contribution in [2.75, 3.05) is 24.8 Å². The van der Waals surface area contributed by atoms with Gasteiger partial charge in [0, 0.05) is 12.5 Å². The molecule has 1 unspecified atom stereocenters. The molecule has 1 N–H and O–H groups in total. The van der Waals surface area contributed by atoms with Crippen LogP contribution in [-0.2, 0) is 16.1 Å². The van der Waals surface area contributed by atoms with Crippen molar-refractivity contribution >= 4 is 23.4 Å². The normalized spacial score (nSPS) is 19.2. The van der Waals surface area contributed by atoms with Crippen LogP contribution in [0.2, 0.25) is 0 Å². The molecule has 0 spiro atoms. The number of para-hydroxylation sites is 2. The second-order valence-corrected chi connectivity index (χ2v) is 7.84. The molecular weight excluding hydrogens is 364 g/mol. The first-order chi connectivity index (χ1) is 13.2. The third-order valence-electron chi connectivity index (χ3n) is 4.81. The van der Waals surface area contributed by atoms with Crippen LogP contribution in [-0.4, -0.2) is 46.2 Å². The van der Waals surface area contributed by atoms with E-state index in [2.05, 4.69) is 20.1 Å². The first-order valence-electron chi connectivity index (χ1n) is 9.35. The SMILES string of the molecule is COc1ccccc1NC(=O)CSc1nnc(C2CC2)n1CC1CCCO1. The Balaban J connectivity index is 1.40. The number of hydrogen-bond acceptors (Lipinski definition) is 6. The lowest BCUT2D eigenvalue weighted by molar-refractivity contribution is -0.113. The highest BCUT2D eigenvalue weighted by atomic mass is 32.2. The molecule has 2 aromatic rings. The van der Waals surface area contributed by atoms with Crippen LogP contribution in [0.5, 0.6) is 5.75 Å². The highest BCUT2D eigenvalue weighted by Gasteiger charge is 2.32. The molecule has 0 radical (unpaired) electrons. The van der Waals surface area contributed by atoms with Crippen LogP contribution < -0.4 is 10.1 Å². The minimum absolute atomic E-state index is 0.0934. The second kappa shape index (κ2) is 8.31. The van der Waals surface area contributed by atoms with E-state index in [0.29, 0.717) is 17.4 Å². The largest absolute Gasteiger partial charge is 0.495 e. The van der Waals surface area contributed by atoms with Crippen LogP contribution in [0.15, 0.2) is 29.4 Å². The number of thioether (sulfide) groups is 1. The van der Waals surface area contributed by atoms with Gasteiger partial charge in [0.25, 0.3) is 0 Å². The highest BCUT2D eigenvalue weighted by Crippen LogP contribution is 2.40. The van der Waals surface area contributed by atoms with Crippen LogP contribution in [0.1, 0.15) is 37.4 Å². The number of aromatic nitrogens is 3. The lowest BCUT2D eigenvalue weighted by atomic mass is 10.2. The lowest BCUT2D eigenvalue weighted by Crippen LogP contribution is -2.19. The number of nitrogens with one attached hydrogen (secondary N) is 1. The Hall–Kier alpha value is -2.06. The molecule has 7 nitrogen and oxygen atoms in total. The van der Waals surface area contributed by atoms with Crippen molar-refractivity contribution in [2.24, 2.45) is 0 Å². The van der Waals surface area contributed by atoms with E-state index in [9.17, 15) is 4.79 Å². The fourth-order valence-corrected chi connectivity index (χ4v) is 4.03. The van der Waals surface area contributed by atoms with E-state index in [4.69, 9.17) is 9.47 Å². The van der Waals surface area contributed by atoms with Crippen LogP contribution in [0.25, 0.3) is 0 Å². The van der Waals surface area contributed by atoms with Crippen LogP contribution in [0.4, 0.5) is 5.69 Å². The van der Waals surface area contributed by atoms with Gasteiger partial charge in [0.05, 0.1) is 31.2 Å². The van der Waals surface area contributed by atoms with Gasteiger partial charge in [-0.3, -0.25) is 4.79 Å². The van der Waals surface area contributed by atoms with Crippen LogP contribution in [0.3, 0.4) is 0 Å². The monoisotopic (exact) mass is 388 g/mol. The molecule has 27 heavy (non-hydrogen) atoms. The van der Waals surface area contributed by atoms with Crippen molar-refractivity contribution in [3.05, 3.63) is 30.1 Å². The molecule has 1 saturated carbocycles. The zero-order chi connectivity index (χ0) is 18.6. The van der Waals surface area contributed by atoms with E-state index in [1.165, 1.54) is 24.6 Å². The van der Waals surface area contributed by atoms with Crippen molar-refractivity contribution < 1.29 is 14.3 Å². The number of nitrogens with zero attached hydrogens (tertiary/aromatic N) is 3. The Morgan fingerprint density at radius 1 is 1.33 bits per heavy atom. The van der Waals surface area contributed by atoms with Crippen molar-refractivity contribution in [3.63, 3.8) is 0 Å². The van der Waals surface area contributed by atoms with Gasteiger partial charge in [-0.05, 0) is 37.8 Å². The van der Waals surface area contributed by atoms with Crippen molar-refractivity contribution in [1.29, 1.82) is 0 Å². The molecule has 1 atom stereocenters. The molecule has 1 aliphatic carbocycles. The summed E-state index contributed by atoms with van der Waals surface area (Å²) in [7, 11) is 1.59. The third kappa shape index (κ3) is 4.44. The molecule has 2 heterocycles. The highest BCUT2D eigenvalue weighted by molar-refractivity contribution is 7.99. The summed E-state index contributed by atoms with van der Waals surface area (Å²) in [5.74, 6) is 2.37. The lowest BCUT2D eigenvalue weighted by Gasteiger charge is -2.14. The summed E-state index contributed by atoms with van der Waals surface area (Å²) in [5.41, 5.74) is 0.671. The summed E-state index contributed by atoms with van der Waals surface area (Å²) in [6.45, 7) is 1.60. The maximum atomic E-state index is 12.4. The number of amides is 1. The minimum atomic E-state index is -0.0934.